The van der Waals surface area contributed by atoms with Crippen molar-refractivity contribution in [2.75, 3.05) is 0 Å². The smallest absolute Gasteiger partial charge is 0.258 e. The van der Waals surface area contributed by atoms with Crippen LogP contribution < -0.4 is 10.5 Å². The first-order chi connectivity index (χ1) is 7.70. The number of fused-ring (bicyclic) bond motifs is 1. The Balaban J connectivity index is 2.23. The highest BCUT2D eigenvalue weighted by Gasteiger charge is 2.14. The lowest BCUT2D eigenvalue weighted by molar-refractivity contribution is -0.124. The molecule has 1 amide bonds. The van der Waals surface area contributed by atoms with E-state index in [1.165, 1.54) is 0 Å². The molecule has 0 radical (unpaired) electrons. The van der Waals surface area contributed by atoms with Gasteiger partial charge in [0, 0.05) is 17.1 Å². The number of rotatable bonds is 4. The Bertz CT molecular complexity index is 504. The third-order valence-corrected chi connectivity index (χ3v) is 2.49. The van der Waals surface area contributed by atoms with Gasteiger partial charge in [0.25, 0.3) is 5.91 Å². The predicted octanol–water partition coefficient (Wildman–Crippen LogP) is 1.81. The summed E-state index contributed by atoms with van der Waals surface area (Å²) in [6.45, 7) is 1.87. The maximum absolute atomic E-state index is 11.0. The van der Waals surface area contributed by atoms with Gasteiger partial charge in [0.15, 0.2) is 6.10 Å². The molecule has 0 saturated carbocycles. The van der Waals surface area contributed by atoms with E-state index in [1.54, 1.807) is 0 Å². The van der Waals surface area contributed by atoms with Crippen LogP contribution in [0.3, 0.4) is 0 Å². The van der Waals surface area contributed by atoms with Crippen LogP contribution >= 0.6 is 0 Å². The maximum Gasteiger partial charge on any atom is 0.258 e. The molecule has 0 aliphatic rings. The van der Waals surface area contributed by atoms with Gasteiger partial charge in [-0.3, -0.25) is 4.79 Å². The van der Waals surface area contributed by atoms with E-state index in [9.17, 15) is 4.79 Å². The van der Waals surface area contributed by atoms with E-state index in [0.717, 1.165) is 10.9 Å². The fourth-order valence-corrected chi connectivity index (χ4v) is 1.61. The van der Waals surface area contributed by atoms with Crippen molar-refractivity contribution < 1.29 is 9.53 Å². The lowest BCUT2D eigenvalue weighted by atomic mass is 10.2. The Labute approximate surface area is 93.4 Å². The van der Waals surface area contributed by atoms with Crippen molar-refractivity contribution >= 4 is 16.8 Å². The van der Waals surface area contributed by atoms with Gasteiger partial charge in [-0.25, -0.2) is 0 Å². The molecule has 4 nitrogen and oxygen atoms in total. The minimum atomic E-state index is -0.559. The van der Waals surface area contributed by atoms with Gasteiger partial charge in [-0.15, -0.1) is 0 Å². The lowest BCUT2D eigenvalue weighted by Gasteiger charge is -2.13. The van der Waals surface area contributed by atoms with Crippen LogP contribution in [0, 0.1) is 0 Å². The molecule has 0 spiro atoms. The summed E-state index contributed by atoms with van der Waals surface area (Å²) in [5.41, 5.74) is 6.26. The summed E-state index contributed by atoms with van der Waals surface area (Å²) in [7, 11) is 0. The second kappa shape index (κ2) is 4.26. The Morgan fingerprint density at radius 1 is 1.50 bits per heavy atom. The molecule has 4 heteroatoms. The van der Waals surface area contributed by atoms with Crippen LogP contribution in [0.1, 0.15) is 13.3 Å². The van der Waals surface area contributed by atoms with E-state index < -0.39 is 12.0 Å². The van der Waals surface area contributed by atoms with E-state index in [2.05, 4.69) is 4.98 Å². The average molecular weight is 218 g/mol. The maximum atomic E-state index is 11.0. The number of carbonyl (C=O) groups excluding carboxylic acids is 1. The van der Waals surface area contributed by atoms with Crippen LogP contribution in [-0.4, -0.2) is 17.0 Å². The summed E-state index contributed by atoms with van der Waals surface area (Å²) in [6.07, 6.45) is 1.87. The SMILES string of the molecule is CCC(Oc1ccc2[nH]ccc2c1)C(N)=O. The number of H-pyrrole nitrogens is 1. The van der Waals surface area contributed by atoms with Crippen molar-refractivity contribution in [1.82, 2.24) is 4.98 Å². The van der Waals surface area contributed by atoms with Crippen molar-refractivity contribution in [2.24, 2.45) is 5.73 Å². The van der Waals surface area contributed by atoms with Gasteiger partial charge in [-0.2, -0.15) is 0 Å². The Morgan fingerprint density at radius 3 is 3.00 bits per heavy atom. The first-order valence-electron chi connectivity index (χ1n) is 5.24. The summed E-state index contributed by atoms with van der Waals surface area (Å²) < 4.78 is 5.51. The fourth-order valence-electron chi connectivity index (χ4n) is 1.61. The van der Waals surface area contributed by atoms with E-state index in [4.69, 9.17) is 10.5 Å². The number of ether oxygens (including phenoxy) is 1. The molecule has 1 atom stereocenters. The highest BCUT2D eigenvalue weighted by Crippen LogP contribution is 2.21. The molecule has 1 heterocycles. The molecule has 84 valence electrons. The Kier molecular flexibility index (Phi) is 2.81. The molecule has 2 rings (SSSR count). The monoisotopic (exact) mass is 218 g/mol. The van der Waals surface area contributed by atoms with Crippen LogP contribution in [0.25, 0.3) is 10.9 Å². The quantitative estimate of drug-likeness (QED) is 0.821. The summed E-state index contributed by atoms with van der Waals surface area (Å²) in [4.78, 5) is 14.1. The second-order valence-electron chi connectivity index (χ2n) is 3.64. The number of benzene rings is 1. The third-order valence-electron chi connectivity index (χ3n) is 2.49. The van der Waals surface area contributed by atoms with Gasteiger partial charge in [-0.05, 0) is 30.7 Å². The van der Waals surface area contributed by atoms with Gasteiger partial charge in [0.2, 0.25) is 0 Å². The number of primary amides is 1. The molecule has 0 aliphatic heterocycles. The zero-order chi connectivity index (χ0) is 11.5. The summed E-state index contributed by atoms with van der Waals surface area (Å²) in [6, 6.07) is 7.58. The van der Waals surface area contributed by atoms with Gasteiger partial charge >= 0.3 is 0 Å². The molecule has 0 saturated heterocycles. The largest absolute Gasteiger partial charge is 0.481 e. The third kappa shape index (κ3) is 2.00. The van der Waals surface area contributed by atoms with Crippen molar-refractivity contribution in [3.8, 4) is 5.75 Å². The van der Waals surface area contributed by atoms with E-state index in [-0.39, 0.29) is 0 Å². The standard InChI is InChI=1S/C12H14N2O2/c1-2-11(12(13)15)16-9-3-4-10-8(7-9)5-6-14-10/h3-7,11,14H,2H2,1H3,(H2,13,15). The topological polar surface area (TPSA) is 68.1 Å². The molecule has 2 aromatic rings. The lowest BCUT2D eigenvalue weighted by Crippen LogP contribution is -2.32. The predicted molar refractivity (Wildman–Crippen MR) is 62.2 cm³/mol. The summed E-state index contributed by atoms with van der Waals surface area (Å²) >= 11 is 0. The van der Waals surface area contributed by atoms with Crippen molar-refractivity contribution in [3.63, 3.8) is 0 Å². The zero-order valence-corrected chi connectivity index (χ0v) is 9.07. The molecule has 0 aliphatic carbocycles. The van der Waals surface area contributed by atoms with E-state index in [0.29, 0.717) is 12.2 Å². The minimum absolute atomic E-state index is 0.434. The van der Waals surface area contributed by atoms with Crippen molar-refractivity contribution in [3.05, 3.63) is 30.5 Å². The molecule has 1 aromatic heterocycles. The minimum Gasteiger partial charge on any atom is -0.481 e. The van der Waals surface area contributed by atoms with Crippen LogP contribution in [0.4, 0.5) is 0 Å². The van der Waals surface area contributed by atoms with Crippen molar-refractivity contribution in [1.29, 1.82) is 0 Å². The van der Waals surface area contributed by atoms with Crippen LogP contribution in [0.2, 0.25) is 0 Å². The number of amides is 1. The fraction of sp³-hybridized carbons (Fsp3) is 0.250. The molecular formula is C12H14N2O2. The number of nitrogens with two attached hydrogens (primary N) is 1. The summed E-state index contributed by atoms with van der Waals surface area (Å²) in [5, 5.41) is 1.05. The number of aromatic nitrogens is 1. The van der Waals surface area contributed by atoms with Gasteiger partial charge in [0.1, 0.15) is 5.75 Å². The highest BCUT2D eigenvalue weighted by molar-refractivity contribution is 5.81. The van der Waals surface area contributed by atoms with Crippen LogP contribution in [-0.2, 0) is 4.79 Å². The van der Waals surface area contributed by atoms with Crippen LogP contribution in [0.5, 0.6) is 5.75 Å². The molecular weight excluding hydrogens is 204 g/mol. The van der Waals surface area contributed by atoms with Crippen LogP contribution in [0.15, 0.2) is 30.5 Å². The first-order valence-corrected chi connectivity index (χ1v) is 5.24. The number of nitrogens with one attached hydrogen (secondary N) is 1. The normalized spacial score (nSPS) is 12.6. The Hall–Kier alpha value is -1.97. The average Bonchev–Trinajstić information content (AvgIpc) is 2.72. The number of carbonyl (C=O) groups is 1. The number of aromatic amines is 1. The zero-order valence-electron chi connectivity index (χ0n) is 9.07. The van der Waals surface area contributed by atoms with Crippen molar-refractivity contribution in [2.45, 2.75) is 19.4 Å². The number of hydrogen-bond donors (Lipinski definition) is 2. The first kappa shape index (κ1) is 10.5. The van der Waals surface area contributed by atoms with Gasteiger partial charge in [-0.1, -0.05) is 6.92 Å². The second-order valence-corrected chi connectivity index (χ2v) is 3.64. The molecule has 3 N–H and O–H groups in total. The number of hydrogen-bond acceptors (Lipinski definition) is 2. The summed E-state index contributed by atoms with van der Waals surface area (Å²) in [5.74, 6) is 0.231. The van der Waals surface area contributed by atoms with Gasteiger partial charge in [0.05, 0.1) is 0 Å². The molecule has 1 aromatic carbocycles. The molecule has 16 heavy (non-hydrogen) atoms. The molecule has 0 bridgehead atoms. The molecule has 1 unspecified atom stereocenters. The Morgan fingerprint density at radius 2 is 2.31 bits per heavy atom. The highest BCUT2D eigenvalue weighted by atomic mass is 16.5. The molecule has 0 fully saturated rings. The van der Waals surface area contributed by atoms with E-state index >= 15 is 0 Å². The van der Waals surface area contributed by atoms with E-state index in [1.807, 2.05) is 37.4 Å². The van der Waals surface area contributed by atoms with Gasteiger partial charge < -0.3 is 15.5 Å².